The minimum atomic E-state index is 0.0759. The lowest BCUT2D eigenvalue weighted by Crippen LogP contribution is -2.56. The van der Waals surface area contributed by atoms with Crippen LogP contribution in [-0.2, 0) is 11.8 Å². The number of hydrogen-bond donors (Lipinski definition) is 0. The van der Waals surface area contributed by atoms with E-state index in [1.165, 1.54) is 69.6 Å². The third kappa shape index (κ3) is 2.88. The van der Waals surface area contributed by atoms with Crippen molar-refractivity contribution in [2.24, 2.45) is 5.92 Å². The van der Waals surface area contributed by atoms with Gasteiger partial charge in [-0.05, 0) is 102 Å². The molecule has 1 heterocycles. The first kappa shape index (κ1) is 21.0. The topological polar surface area (TPSA) is 3.24 Å². The molecule has 0 radical (unpaired) electrons. The Labute approximate surface area is 209 Å². The van der Waals surface area contributed by atoms with E-state index in [1.54, 1.807) is 0 Å². The van der Waals surface area contributed by atoms with Gasteiger partial charge in [0.15, 0.2) is 0 Å². The molecule has 0 N–H and O–H groups in total. The summed E-state index contributed by atoms with van der Waals surface area (Å²) in [5.74, 6) is 0.742. The standard InChI is InChI=1S/C34H33N/c1-23-17-18-33(2)31-21-25(24-13-15-30-27(19-24)20-26-9-7-8-12-29(26)30)14-16-32(31)35(34(33,3)22-23)28-10-5-4-6-11-28/h4-16,19,21,23H,17-18,20,22H2,1-3H3. The van der Waals surface area contributed by atoms with Crippen molar-refractivity contribution in [2.75, 3.05) is 4.90 Å². The quantitative estimate of drug-likeness (QED) is 0.257. The van der Waals surface area contributed by atoms with Crippen LogP contribution < -0.4 is 4.90 Å². The van der Waals surface area contributed by atoms with Crippen LogP contribution in [0.15, 0.2) is 91.0 Å². The highest BCUT2D eigenvalue weighted by Crippen LogP contribution is 2.62. The summed E-state index contributed by atoms with van der Waals surface area (Å²) in [5.41, 5.74) is 12.8. The molecule has 2 aliphatic carbocycles. The normalized spacial score (nSPS) is 26.1. The molecule has 0 saturated heterocycles. The molecule has 0 amide bonds. The zero-order chi connectivity index (χ0) is 23.8. The molecule has 7 rings (SSSR count). The highest BCUT2D eigenvalue weighted by atomic mass is 15.3. The van der Waals surface area contributed by atoms with Crippen LogP contribution in [0.25, 0.3) is 22.3 Å². The average Bonchev–Trinajstić information content (AvgIpc) is 3.34. The van der Waals surface area contributed by atoms with Crippen molar-refractivity contribution in [1.29, 1.82) is 0 Å². The van der Waals surface area contributed by atoms with E-state index >= 15 is 0 Å². The number of hydrogen-bond acceptors (Lipinski definition) is 1. The summed E-state index contributed by atoms with van der Waals surface area (Å²) in [4.78, 5) is 2.67. The molecule has 1 saturated carbocycles. The second-order valence-corrected chi connectivity index (χ2v) is 11.6. The third-order valence-electron chi connectivity index (χ3n) is 9.54. The van der Waals surface area contributed by atoms with E-state index in [0.717, 1.165) is 12.3 Å². The predicted octanol–water partition coefficient (Wildman–Crippen LogP) is 8.91. The molecule has 3 atom stereocenters. The fourth-order valence-electron chi connectivity index (χ4n) is 7.52. The second-order valence-electron chi connectivity index (χ2n) is 11.6. The molecule has 1 heteroatoms. The van der Waals surface area contributed by atoms with Gasteiger partial charge in [-0.1, -0.05) is 80.6 Å². The summed E-state index contributed by atoms with van der Waals surface area (Å²) < 4.78 is 0. The molecule has 174 valence electrons. The maximum Gasteiger partial charge on any atom is 0.0520 e. The summed E-state index contributed by atoms with van der Waals surface area (Å²) in [6, 6.07) is 34.3. The van der Waals surface area contributed by atoms with Crippen molar-refractivity contribution in [3.63, 3.8) is 0 Å². The highest BCUT2D eigenvalue weighted by Gasteiger charge is 2.58. The van der Waals surface area contributed by atoms with Gasteiger partial charge < -0.3 is 4.90 Å². The zero-order valence-corrected chi connectivity index (χ0v) is 21.0. The molecule has 0 spiro atoms. The number of para-hydroxylation sites is 1. The average molecular weight is 456 g/mol. The molecule has 1 nitrogen and oxygen atoms in total. The van der Waals surface area contributed by atoms with Gasteiger partial charge >= 0.3 is 0 Å². The summed E-state index contributed by atoms with van der Waals surface area (Å²) in [7, 11) is 0. The first-order valence-electron chi connectivity index (χ1n) is 13.2. The fourth-order valence-corrected chi connectivity index (χ4v) is 7.52. The zero-order valence-electron chi connectivity index (χ0n) is 21.0. The van der Waals surface area contributed by atoms with Crippen LogP contribution in [0.4, 0.5) is 11.4 Å². The van der Waals surface area contributed by atoms with Crippen LogP contribution in [0.1, 0.15) is 56.7 Å². The van der Waals surface area contributed by atoms with E-state index in [9.17, 15) is 0 Å². The molecular weight excluding hydrogens is 422 g/mol. The monoisotopic (exact) mass is 455 g/mol. The predicted molar refractivity (Wildman–Crippen MR) is 147 cm³/mol. The molecule has 0 bridgehead atoms. The molecule has 1 fully saturated rings. The first-order chi connectivity index (χ1) is 17.0. The van der Waals surface area contributed by atoms with Crippen LogP contribution in [0.3, 0.4) is 0 Å². The molecule has 1 aliphatic heterocycles. The molecule has 3 unspecified atom stereocenters. The van der Waals surface area contributed by atoms with Gasteiger partial charge in [-0.15, -0.1) is 0 Å². The SMILES string of the molecule is CC1CCC2(C)c3cc(-c4ccc5c(c4)Cc4ccccc4-5)ccc3N(c3ccccc3)C2(C)C1. The highest BCUT2D eigenvalue weighted by molar-refractivity contribution is 5.83. The van der Waals surface area contributed by atoms with Crippen molar-refractivity contribution in [2.45, 2.75) is 57.4 Å². The Bertz CT molecular complexity index is 1450. The summed E-state index contributed by atoms with van der Waals surface area (Å²) in [5, 5.41) is 0. The Balaban J connectivity index is 1.36. The number of benzene rings is 4. The molecular formula is C34H33N. The lowest BCUT2D eigenvalue weighted by atomic mass is 9.59. The first-order valence-corrected chi connectivity index (χ1v) is 13.2. The van der Waals surface area contributed by atoms with Crippen LogP contribution in [0.2, 0.25) is 0 Å². The molecule has 3 aliphatic rings. The van der Waals surface area contributed by atoms with E-state index in [1.807, 2.05) is 0 Å². The van der Waals surface area contributed by atoms with Gasteiger partial charge in [0.1, 0.15) is 0 Å². The molecule has 0 aromatic heterocycles. The largest absolute Gasteiger partial charge is 0.334 e. The number of nitrogens with zero attached hydrogens (tertiary/aromatic N) is 1. The van der Waals surface area contributed by atoms with E-state index in [0.29, 0.717) is 0 Å². The van der Waals surface area contributed by atoms with E-state index in [2.05, 4.69) is 117 Å². The molecule has 35 heavy (non-hydrogen) atoms. The van der Waals surface area contributed by atoms with Gasteiger partial charge in [-0.2, -0.15) is 0 Å². The van der Waals surface area contributed by atoms with Gasteiger partial charge in [0, 0.05) is 16.8 Å². The van der Waals surface area contributed by atoms with Crippen molar-refractivity contribution in [3.8, 4) is 22.3 Å². The van der Waals surface area contributed by atoms with Crippen LogP contribution in [0, 0.1) is 5.92 Å². The van der Waals surface area contributed by atoms with Crippen LogP contribution in [0.5, 0.6) is 0 Å². The number of rotatable bonds is 2. The van der Waals surface area contributed by atoms with Crippen LogP contribution >= 0.6 is 0 Å². The smallest absolute Gasteiger partial charge is 0.0520 e. The minimum absolute atomic E-state index is 0.0759. The summed E-state index contributed by atoms with van der Waals surface area (Å²) in [6.45, 7) is 7.48. The molecule has 4 aromatic carbocycles. The Morgan fingerprint density at radius 2 is 1.46 bits per heavy atom. The van der Waals surface area contributed by atoms with Crippen LogP contribution in [-0.4, -0.2) is 5.54 Å². The Morgan fingerprint density at radius 1 is 0.743 bits per heavy atom. The van der Waals surface area contributed by atoms with Gasteiger partial charge in [0.2, 0.25) is 0 Å². The van der Waals surface area contributed by atoms with Crippen molar-refractivity contribution < 1.29 is 0 Å². The Kier molecular flexibility index (Phi) is 4.40. The third-order valence-corrected chi connectivity index (χ3v) is 9.54. The lowest BCUT2D eigenvalue weighted by molar-refractivity contribution is 0.154. The maximum absolute atomic E-state index is 2.67. The van der Waals surface area contributed by atoms with Gasteiger partial charge in [0.25, 0.3) is 0 Å². The summed E-state index contributed by atoms with van der Waals surface area (Å²) in [6.07, 6.45) is 4.80. The Hall–Kier alpha value is -3.32. The lowest BCUT2D eigenvalue weighted by Gasteiger charge is -2.52. The van der Waals surface area contributed by atoms with E-state index < -0.39 is 0 Å². The summed E-state index contributed by atoms with van der Waals surface area (Å²) >= 11 is 0. The van der Waals surface area contributed by atoms with Crippen molar-refractivity contribution >= 4 is 11.4 Å². The van der Waals surface area contributed by atoms with Crippen molar-refractivity contribution in [1.82, 2.24) is 0 Å². The maximum atomic E-state index is 2.67. The van der Waals surface area contributed by atoms with E-state index in [-0.39, 0.29) is 11.0 Å². The van der Waals surface area contributed by atoms with Gasteiger partial charge in [0.05, 0.1) is 5.54 Å². The van der Waals surface area contributed by atoms with Gasteiger partial charge in [-0.25, -0.2) is 0 Å². The Morgan fingerprint density at radius 3 is 2.31 bits per heavy atom. The molecule has 4 aromatic rings. The van der Waals surface area contributed by atoms with Crippen molar-refractivity contribution in [3.05, 3.63) is 108 Å². The van der Waals surface area contributed by atoms with E-state index in [4.69, 9.17) is 0 Å². The second kappa shape index (κ2) is 7.34. The minimum Gasteiger partial charge on any atom is -0.334 e. The van der Waals surface area contributed by atoms with Gasteiger partial charge in [-0.3, -0.25) is 0 Å². The number of anilines is 2. The number of fused-ring (bicyclic) bond motifs is 6. The fraction of sp³-hybridized carbons (Fsp3) is 0.294.